The minimum absolute atomic E-state index is 0.229. The van der Waals surface area contributed by atoms with Crippen LogP contribution < -0.4 is 14.8 Å². The average Bonchev–Trinajstić information content (AvgIpc) is 2.72. The summed E-state index contributed by atoms with van der Waals surface area (Å²) in [6, 6.07) is 17.4. The number of benzene rings is 3. The number of rotatable bonds is 4. The molecule has 1 heterocycles. The van der Waals surface area contributed by atoms with Gasteiger partial charge in [0.25, 0.3) is 5.91 Å². The maximum atomic E-state index is 13.2. The van der Waals surface area contributed by atoms with Crippen LogP contribution in [0.1, 0.15) is 26.3 Å². The maximum Gasteiger partial charge on any atom is 0.255 e. The van der Waals surface area contributed by atoms with Gasteiger partial charge in [0.2, 0.25) is 0 Å². The van der Waals surface area contributed by atoms with Crippen molar-refractivity contribution >= 4 is 49.2 Å². The van der Waals surface area contributed by atoms with Crippen LogP contribution in [0, 0.1) is 0 Å². The minimum atomic E-state index is -0.328. The first kappa shape index (κ1) is 19.7. The highest BCUT2D eigenvalue weighted by atomic mass is 79.9. The van der Waals surface area contributed by atoms with E-state index >= 15 is 0 Å². The van der Waals surface area contributed by atoms with Crippen LogP contribution >= 0.6 is 31.9 Å². The molecule has 146 valence electrons. The summed E-state index contributed by atoms with van der Waals surface area (Å²) < 4.78 is 12.8. The number of carbonyl (C=O) groups excluding carboxylic acids is 2. The summed E-state index contributed by atoms with van der Waals surface area (Å²) in [6.45, 7) is 0.812. The van der Waals surface area contributed by atoms with Gasteiger partial charge in [0.05, 0.1) is 11.3 Å². The third kappa shape index (κ3) is 4.36. The lowest BCUT2D eigenvalue weighted by Gasteiger charge is -2.21. The quantitative estimate of drug-likeness (QED) is 0.467. The Morgan fingerprint density at radius 2 is 1.38 bits per heavy atom. The van der Waals surface area contributed by atoms with Crippen LogP contribution in [0.4, 0.5) is 5.69 Å². The first-order valence-corrected chi connectivity index (χ1v) is 10.4. The van der Waals surface area contributed by atoms with Gasteiger partial charge in [-0.3, -0.25) is 9.59 Å². The fourth-order valence-electron chi connectivity index (χ4n) is 2.99. The molecule has 0 saturated carbocycles. The van der Waals surface area contributed by atoms with Gasteiger partial charge in [-0.05, 0) is 36.4 Å². The molecule has 0 aromatic heterocycles. The monoisotopic (exact) mass is 515 g/mol. The average molecular weight is 517 g/mol. The molecule has 0 spiro atoms. The van der Waals surface area contributed by atoms with E-state index in [1.807, 2.05) is 12.1 Å². The molecule has 29 heavy (non-hydrogen) atoms. The van der Waals surface area contributed by atoms with Crippen LogP contribution in [0.5, 0.6) is 11.5 Å². The van der Waals surface area contributed by atoms with Gasteiger partial charge in [0.1, 0.15) is 13.2 Å². The van der Waals surface area contributed by atoms with E-state index in [-0.39, 0.29) is 11.7 Å². The van der Waals surface area contributed by atoms with E-state index in [1.165, 1.54) is 0 Å². The van der Waals surface area contributed by atoms with Crippen LogP contribution in [0.25, 0.3) is 0 Å². The molecule has 1 N–H and O–H groups in total. The van der Waals surface area contributed by atoms with E-state index in [1.54, 1.807) is 48.5 Å². The van der Waals surface area contributed by atoms with Crippen molar-refractivity contribution in [1.29, 1.82) is 0 Å². The van der Waals surface area contributed by atoms with Gasteiger partial charge in [-0.2, -0.15) is 0 Å². The smallest absolute Gasteiger partial charge is 0.255 e. The van der Waals surface area contributed by atoms with Gasteiger partial charge in [-0.25, -0.2) is 0 Å². The van der Waals surface area contributed by atoms with Gasteiger partial charge < -0.3 is 14.8 Å². The van der Waals surface area contributed by atoms with Crippen LogP contribution in [0.3, 0.4) is 0 Å². The highest BCUT2D eigenvalue weighted by molar-refractivity contribution is 9.10. The standard InChI is InChI=1S/C22H15Br2NO4/c23-15-5-1-3-13(9-15)21(26)17-11-19-20(29-8-7-28-19)12-18(17)25-22(27)14-4-2-6-16(24)10-14/h1-6,9-12H,7-8H2,(H,25,27). The summed E-state index contributed by atoms with van der Waals surface area (Å²) in [5.74, 6) is 0.417. The molecule has 0 fully saturated rings. The number of ether oxygens (including phenoxy) is 2. The summed E-state index contributed by atoms with van der Waals surface area (Å²) in [5.41, 5.74) is 1.66. The Kier molecular flexibility index (Phi) is 5.69. The molecule has 0 saturated heterocycles. The molecular formula is C22H15Br2NO4. The minimum Gasteiger partial charge on any atom is -0.486 e. The molecule has 5 nitrogen and oxygen atoms in total. The van der Waals surface area contributed by atoms with Crippen molar-refractivity contribution in [2.75, 3.05) is 18.5 Å². The van der Waals surface area contributed by atoms with Crippen molar-refractivity contribution < 1.29 is 19.1 Å². The van der Waals surface area contributed by atoms with Crippen molar-refractivity contribution in [2.24, 2.45) is 0 Å². The van der Waals surface area contributed by atoms with Crippen LogP contribution in [0.15, 0.2) is 69.6 Å². The molecule has 3 aromatic rings. The Morgan fingerprint density at radius 3 is 2.03 bits per heavy atom. The molecule has 3 aromatic carbocycles. The van der Waals surface area contributed by atoms with E-state index in [2.05, 4.69) is 37.2 Å². The molecule has 4 rings (SSSR count). The first-order valence-electron chi connectivity index (χ1n) is 8.82. The maximum absolute atomic E-state index is 13.2. The normalized spacial score (nSPS) is 12.3. The first-order chi connectivity index (χ1) is 14.0. The zero-order valence-corrected chi connectivity index (χ0v) is 18.2. The molecule has 1 amide bonds. The fraction of sp³-hybridized carbons (Fsp3) is 0.0909. The molecule has 1 aliphatic rings. The zero-order chi connectivity index (χ0) is 20.4. The lowest BCUT2D eigenvalue weighted by Crippen LogP contribution is -2.19. The Bertz CT molecular complexity index is 1110. The molecule has 0 aliphatic carbocycles. The number of amides is 1. The molecule has 0 radical (unpaired) electrons. The second-order valence-corrected chi connectivity index (χ2v) is 8.18. The topological polar surface area (TPSA) is 64.6 Å². The lowest BCUT2D eigenvalue weighted by atomic mass is 10.0. The van der Waals surface area contributed by atoms with E-state index in [4.69, 9.17) is 9.47 Å². The van der Waals surface area contributed by atoms with E-state index in [9.17, 15) is 9.59 Å². The van der Waals surface area contributed by atoms with Crippen LogP contribution in [-0.4, -0.2) is 24.9 Å². The molecule has 1 aliphatic heterocycles. The summed E-state index contributed by atoms with van der Waals surface area (Å²) in [6.07, 6.45) is 0. The highest BCUT2D eigenvalue weighted by Crippen LogP contribution is 2.37. The van der Waals surface area contributed by atoms with Crippen molar-refractivity contribution in [1.82, 2.24) is 0 Å². The summed E-state index contributed by atoms with van der Waals surface area (Å²) >= 11 is 6.75. The molecule has 7 heteroatoms. The molecule has 0 atom stereocenters. The Hall–Kier alpha value is -2.64. The summed E-state index contributed by atoms with van der Waals surface area (Å²) in [5, 5.41) is 2.84. The molecule has 0 bridgehead atoms. The van der Waals surface area contributed by atoms with Gasteiger partial charge in [-0.15, -0.1) is 0 Å². The Morgan fingerprint density at radius 1 is 0.793 bits per heavy atom. The van der Waals surface area contributed by atoms with Gasteiger partial charge >= 0.3 is 0 Å². The number of hydrogen-bond acceptors (Lipinski definition) is 4. The van der Waals surface area contributed by atoms with E-state index < -0.39 is 0 Å². The van der Waals surface area contributed by atoms with Crippen LogP contribution in [0.2, 0.25) is 0 Å². The van der Waals surface area contributed by atoms with Crippen molar-refractivity contribution in [3.05, 3.63) is 86.3 Å². The molecular weight excluding hydrogens is 502 g/mol. The lowest BCUT2D eigenvalue weighted by molar-refractivity contribution is 0.102. The van der Waals surface area contributed by atoms with E-state index in [0.717, 1.165) is 8.95 Å². The third-order valence-corrected chi connectivity index (χ3v) is 5.34. The van der Waals surface area contributed by atoms with Gasteiger partial charge in [0, 0.05) is 26.1 Å². The fourth-order valence-corrected chi connectivity index (χ4v) is 3.79. The number of ketones is 1. The number of anilines is 1. The largest absolute Gasteiger partial charge is 0.486 e. The third-order valence-electron chi connectivity index (χ3n) is 4.35. The second-order valence-electron chi connectivity index (χ2n) is 6.35. The van der Waals surface area contributed by atoms with Crippen molar-refractivity contribution in [2.45, 2.75) is 0 Å². The van der Waals surface area contributed by atoms with Crippen LogP contribution in [-0.2, 0) is 0 Å². The summed E-state index contributed by atoms with van der Waals surface area (Å²) in [4.78, 5) is 26.0. The Balaban J connectivity index is 1.75. The highest BCUT2D eigenvalue weighted by Gasteiger charge is 2.22. The van der Waals surface area contributed by atoms with Gasteiger partial charge in [0.15, 0.2) is 17.3 Å². The summed E-state index contributed by atoms with van der Waals surface area (Å²) in [7, 11) is 0. The number of fused-ring (bicyclic) bond motifs is 1. The second kappa shape index (κ2) is 8.39. The van der Waals surface area contributed by atoms with Crippen molar-refractivity contribution in [3.63, 3.8) is 0 Å². The van der Waals surface area contributed by atoms with E-state index in [0.29, 0.717) is 47.1 Å². The number of halogens is 2. The zero-order valence-electron chi connectivity index (χ0n) is 15.1. The predicted molar refractivity (Wildman–Crippen MR) is 117 cm³/mol. The SMILES string of the molecule is O=C(Nc1cc2c(cc1C(=O)c1cccc(Br)c1)OCCO2)c1cccc(Br)c1. The number of carbonyl (C=O) groups is 2. The molecule has 0 unspecified atom stereocenters. The van der Waals surface area contributed by atoms with Crippen molar-refractivity contribution in [3.8, 4) is 11.5 Å². The number of nitrogens with one attached hydrogen (secondary N) is 1. The Labute approximate surface area is 184 Å². The number of hydrogen-bond donors (Lipinski definition) is 1. The van der Waals surface area contributed by atoms with Gasteiger partial charge in [-0.1, -0.05) is 50.1 Å². The predicted octanol–water partition coefficient (Wildman–Crippen LogP) is 5.47.